The van der Waals surface area contributed by atoms with Crippen LogP contribution in [0.3, 0.4) is 0 Å². The van der Waals surface area contributed by atoms with E-state index in [1.165, 1.54) is 23.6 Å². The third-order valence-electron chi connectivity index (χ3n) is 6.95. The normalized spacial score (nSPS) is 21.2. The highest BCUT2D eigenvalue weighted by Crippen LogP contribution is 2.31. The molecule has 0 radical (unpaired) electrons. The minimum absolute atomic E-state index is 0.125. The van der Waals surface area contributed by atoms with Gasteiger partial charge in [0.25, 0.3) is 5.91 Å². The Morgan fingerprint density at radius 1 is 1.24 bits per heavy atom. The Labute approximate surface area is 230 Å². The summed E-state index contributed by atoms with van der Waals surface area (Å²) >= 11 is 7.21. The minimum Gasteiger partial charge on any atom is -0.463 e. The highest BCUT2D eigenvalue weighted by molar-refractivity contribution is 7.13. The lowest BCUT2D eigenvalue weighted by Crippen LogP contribution is -2.50. The number of pyridine rings is 1. The van der Waals surface area contributed by atoms with Crippen molar-refractivity contribution in [3.63, 3.8) is 0 Å². The first-order valence-electron chi connectivity index (χ1n) is 12.5. The molecule has 13 heteroatoms. The van der Waals surface area contributed by atoms with E-state index in [1.807, 2.05) is 7.05 Å². The van der Waals surface area contributed by atoms with Crippen LogP contribution in [-0.4, -0.2) is 88.4 Å². The number of fused-ring (bicyclic) bond motifs is 1. The zero-order chi connectivity index (χ0) is 27.4. The smallest absolute Gasteiger partial charge is 0.336 e. The molecule has 2 aromatic rings. The molecular formula is C25H33ClN7O4S+. The number of aliphatic hydroxyl groups excluding tert-OH is 1. The summed E-state index contributed by atoms with van der Waals surface area (Å²) in [5, 5.41) is 19.6. The van der Waals surface area contributed by atoms with Crippen LogP contribution in [0.15, 0.2) is 18.3 Å². The molecule has 3 heterocycles. The second-order valence-electron chi connectivity index (χ2n) is 10.0. The Bertz CT molecular complexity index is 1230. The molecule has 1 fully saturated rings. The zero-order valence-electron chi connectivity index (χ0n) is 21.7. The molecule has 38 heavy (non-hydrogen) atoms. The van der Waals surface area contributed by atoms with Gasteiger partial charge in [0.1, 0.15) is 19.9 Å². The van der Waals surface area contributed by atoms with Crippen LogP contribution in [0.25, 0.3) is 0 Å². The van der Waals surface area contributed by atoms with Gasteiger partial charge in [-0.3, -0.25) is 14.4 Å². The first-order valence-corrected chi connectivity index (χ1v) is 13.7. The molecule has 2 aromatic heterocycles. The zero-order valence-corrected chi connectivity index (χ0v) is 23.2. The molecule has 4 rings (SSSR count). The first kappa shape index (κ1) is 27.9. The van der Waals surface area contributed by atoms with Crippen molar-refractivity contribution in [1.29, 1.82) is 0 Å². The van der Waals surface area contributed by atoms with E-state index >= 15 is 0 Å². The van der Waals surface area contributed by atoms with Crippen LogP contribution in [-0.2, 0) is 22.6 Å². The van der Waals surface area contributed by atoms with Crippen molar-refractivity contribution >= 4 is 52.4 Å². The van der Waals surface area contributed by atoms with Gasteiger partial charge in [0.15, 0.2) is 5.01 Å². The molecule has 0 bridgehead atoms. The largest absolute Gasteiger partial charge is 0.463 e. The molecular weight excluding hydrogens is 530 g/mol. The molecule has 1 aliphatic carbocycles. The van der Waals surface area contributed by atoms with Gasteiger partial charge in [0.05, 0.1) is 16.6 Å². The Morgan fingerprint density at radius 2 is 2.03 bits per heavy atom. The summed E-state index contributed by atoms with van der Waals surface area (Å²) in [5.41, 5.74) is 0.975. The topological polar surface area (TPSA) is 140 Å². The fourth-order valence-corrected chi connectivity index (χ4v) is 6.03. The monoisotopic (exact) mass is 562 g/mol. The maximum Gasteiger partial charge on any atom is 0.336 e. The maximum atomic E-state index is 13.2. The van der Waals surface area contributed by atoms with E-state index in [1.54, 1.807) is 24.7 Å². The van der Waals surface area contributed by atoms with Crippen molar-refractivity contribution in [2.75, 3.05) is 39.5 Å². The van der Waals surface area contributed by atoms with Crippen molar-refractivity contribution < 1.29 is 24.1 Å². The van der Waals surface area contributed by atoms with Gasteiger partial charge in [0, 0.05) is 43.2 Å². The summed E-state index contributed by atoms with van der Waals surface area (Å²) in [6.45, 7) is 1.88. The van der Waals surface area contributed by atoms with E-state index in [0.717, 1.165) is 30.1 Å². The summed E-state index contributed by atoms with van der Waals surface area (Å²) in [5.74, 6) is -1.68. The average molecular weight is 563 g/mol. The number of thiazole rings is 1. The van der Waals surface area contributed by atoms with Gasteiger partial charge in [-0.1, -0.05) is 11.6 Å². The summed E-state index contributed by atoms with van der Waals surface area (Å²) in [6.07, 6.45) is 4.03. The molecule has 1 aliphatic heterocycles. The SMILES string of the molecule is CN1CCc2nc(C(=O)N[C@@H]3C[C@@H](C(O)=[N+](C)C)CC[C@@H]3CNC(=O)C(=O)Nc3ccc(Cl)cn3)sc2C1. The van der Waals surface area contributed by atoms with E-state index in [-0.39, 0.29) is 42.0 Å². The lowest BCUT2D eigenvalue weighted by Gasteiger charge is -2.35. The third kappa shape index (κ3) is 6.86. The van der Waals surface area contributed by atoms with Gasteiger partial charge in [0.2, 0.25) is 0 Å². The fraction of sp³-hybridized carbons (Fsp3) is 0.520. The molecule has 0 aromatic carbocycles. The molecule has 3 atom stereocenters. The Kier molecular flexibility index (Phi) is 8.95. The van der Waals surface area contributed by atoms with Crippen molar-refractivity contribution in [3.8, 4) is 0 Å². The molecule has 1 saturated carbocycles. The van der Waals surface area contributed by atoms with Crippen LogP contribution >= 0.6 is 22.9 Å². The van der Waals surface area contributed by atoms with Crippen LogP contribution in [0.1, 0.15) is 39.6 Å². The second kappa shape index (κ2) is 12.2. The number of aromatic nitrogens is 2. The van der Waals surface area contributed by atoms with Gasteiger partial charge >= 0.3 is 17.7 Å². The summed E-state index contributed by atoms with van der Waals surface area (Å²) in [7, 11) is 5.60. The Balaban J connectivity index is 1.41. The predicted octanol–water partition coefficient (Wildman–Crippen LogP) is 1.68. The predicted molar refractivity (Wildman–Crippen MR) is 145 cm³/mol. The van der Waals surface area contributed by atoms with E-state index in [4.69, 9.17) is 11.6 Å². The summed E-state index contributed by atoms with van der Waals surface area (Å²) in [4.78, 5) is 49.9. The van der Waals surface area contributed by atoms with Crippen LogP contribution < -0.4 is 16.0 Å². The number of aliphatic hydroxyl groups is 1. The number of nitrogens with zero attached hydrogens (tertiary/aromatic N) is 4. The second-order valence-corrected chi connectivity index (χ2v) is 11.5. The Hall–Kier alpha value is -3.09. The number of likely N-dealkylation sites (N-methyl/N-ethyl adjacent to an activating group) is 1. The number of hydrogen-bond donors (Lipinski definition) is 4. The molecule has 0 unspecified atom stereocenters. The lowest BCUT2D eigenvalue weighted by molar-refractivity contribution is -0.476. The van der Waals surface area contributed by atoms with Crippen molar-refractivity contribution in [2.45, 2.75) is 38.3 Å². The van der Waals surface area contributed by atoms with Crippen LogP contribution in [0.5, 0.6) is 0 Å². The average Bonchev–Trinajstić information content (AvgIpc) is 3.32. The van der Waals surface area contributed by atoms with Gasteiger partial charge in [-0.15, -0.1) is 11.3 Å². The van der Waals surface area contributed by atoms with Crippen molar-refractivity contribution in [3.05, 3.63) is 38.9 Å². The maximum absolute atomic E-state index is 13.2. The number of halogens is 1. The molecule has 0 spiro atoms. The van der Waals surface area contributed by atoms with E-state index in [2.05, 4.69) is 30.8 Å². The number of nitrogens with one attached hydrogen (secondary N) is 3. The number of carbonyl (C=O) groups is 3. The van der Waals surface area contributed by atoms with E-state index < -0.39 is 11.8 Å². The molecule has 0 saturated heterocycles. The minimum atomic E-state index is -0.842. The lowest BCUT2D eigenvalue weighted by atomic mass is 9.77. The summed E-state index contributed by atoms with van der Waals surface area (Å²) in [6, 6.07) is 2.74. The fourth-order valence-electron chi connectivity index (χ4n) is 4.83. The molecule has 11 nitrogen and oxygen atoms in total. The van der Waals surface area contributed by atoms with Gasteiger partial charge in [-0.25, -0.2) is 14.5 Å². The van der Waals surface area contributed by atoms with Crippen LogP contribution in [0.4, 0.5) is 5.82 Å². The number of rotatable bonds is 6. The van der Waals surface area contributed by atoms with Crippen molar-refractivity contribution in [2.24, 2.45) is 11.8 Å². The van der Waals surface area contributed by atoms with Gasteiger partial charge < -0.3 is 26.0 Å². The standard InChI is InChI=1S/C25H32ClN7O4S/c1-32(2)25(37)14-4-5-15(11-28-21(34)22(35)31-20-7-6-16(26)12-27-20)18(10-14)29-23(36)24-30-17-8-9-33(3)13-19(17)38-24/h6-7,12,14-15,18H,4-5,8-11,13H2,1-3H3,(H3,27,28,29,31,34,35,36)/p+1/t14-,15+,18+/m0/s1. The molecule has 204 valence electrons. The number of anilines is 1. The third-order valence-corrected chi connectivity index (χ3v) is 8.25. The quantitative estimate of drug-likeness (QED) is 0.182. The van der Waals surface area contributed by atoms with Gasteiger partial charge in [-0.05, 0) is 44.4 Å². The Morgan fingerprint density at radius 3 is 2.74 bits per heavy atom. The van der Waals surface area contributed by atoms with Crippen LogP contribution in [0, 0.1) is 11.8 Å². The first-order chi connectivity index (χ1) is 18.1. The molecule has 2 aliphatic rings. The van der Waals surface area contributed by atoms with Crippen LogP contribution in [0.2, 0.25) is 5.02 Å². The van der Waals surface area contributed by atoms with E-state index in [0.29, 0.717) is 29.3 Å². The summed E-state index contributed by atoms with van der Waals surface area (Å²) < 4.78 is 1.67. The van der Waals surface area contributed by atoms with Crippen molar-refractivity contribution in [1.82, 2.24) is 25.5 Å². The van der Waals surface area contributed by atoms with E-state index in [9.17, 15) is 19.5 Å². The number of carbonyl (C=O) groups excluding carboxylic acids is 3. The highest BCUT2D eigenvalue weighted by atomic mass is 35.5. The van der Waals surface area contributed by atoms with Gasteiger partial charge in [-0.2, -0.15) is 0 Å². The number of hydrogen-bond acceptors (Lipinski definition) is 7. The molecule has 3 amide bonds. The highest BCUT2D eigenvalue weighted by Gasteiger charge is 2.37. The number of amides is 3. The molecule has 4 N–H and O–H groups in total.